The fourth-order valence-electron chi connectivity index (χ4n) is 2.06. The average molecular weight is 266 g/mol. The molecule has 0 N–H and O–H groups in total. The zero-order chi connectivity index (χ0) is 14.7. The summed E-state index contributed by atoms with van der Waals surface area (Å²) >= 11 is 0. The summed E-state index contributed by atoms with van der Waals surface area (Å²) in [5.74, 6) is 1.53. The van der Waals surface area contributed by atoms with Gasteiger partial charge in [0, 0.05) is 5.69 Å². The van der Waals surface area contributed by atoms with Crippen LogP contribution in [0.15, 0.2) is 30.3 Å². The topological polar surface area (TPSA) is 45.9 Å². The fraction of sp³-hybridized carbons (Fsp3) is 0.294. The van der Waals surface area contributed by atoms with Gasteiger partial charge in [0.05, 0.1) is 0 Å². The minimum atomic E-state index is 0.380. The predicted octanol–water partition coefficient (Wildman–Crippen LogP) is 4.49. The molecule has 0 bridgehead atoms. The van der Waals surface area contributed by atoms with Crippen LogP contribution in [0.25, 0.3) is 0 Å². The number of hydrogen-bond donors (Lipinski definition) is 0. The summed E-state index contributed by atoms with van der Waals surface area (Å²) in [5.41, 5.74) is 3.42. The standard InChI is InChI=1S/C17H18N2O/c1-11(2)14-6-5-7-15(9-14)20-17-16(10-18)12(3)8-13(4)19-17/h5-9,11H,1-4H3. The molecule has 2 rings (SSSR count). The minimum absolute atomic E-state index is 0.380. The summed E-state index contributed by atoms with van der Waals surface area (Å²) in [6.07, 6.45) is 0. The predicted molar refractivity (Wildman–Crippen MR) is 79.0 cm³/mol. The second kappa shape index (κ2) is 5.75. The normalized spacial score (nSPS) is 10.4. The molecule has 0 aliphatic rings. The Labute approximate surface area is 119 Å². The summed E-state index contributed by atoms with van der Waals surface area (Å²) < 4.78 is 5.82. The van der Waals surface area contributed by atoms with Gasteiger partial charge in [-0.15, -0.1) is 0 Å². The molecule has 0 unspecified atom stereocenters. The highest BCUT2D eigenvalue weighted by Gasteiger charge is 2.11. The molecule has 0 radical (unpaired) electrons. The first-order valence-electron chi connectivity index (χ1n) is 6.67. The molecular weight excluding hydrogens is 248 g/mol. The number of nitriles is 1. The molecule has 0 saturated carbocycles. The van der Waals surface area contributed by atoms with Crippen LogP contribution in [0.5, 0.6) is 11.6 Å². The van der Waals surface area contributed by atoms with Gasteiger partial charge in [-0.1, -0.05) is 26.0 Å². The molecule has 3 heteroatoms. The van der Waals surface area contributed by atoms with Crippen LogP contribution in [0.4, 0.5) is 0 Å². The molecule has 0 aliphatic carbocycles. The molecule has 0 saturated heterocycles. The SMILES string of the molecule is Cc1cc(C)c(C#N)c(Oc2cccc(C(C)C)c2)n1. The van der Waals surface area contributed by atoms with Crippen molar-refractivity contribution in [1.82, 2.24) is 4.98 Å². The maximum Gasteiger partial charge on any atom is 0.237 e. The summed E-state index contributed by atoms with van der Waals surface area (Å²) in [7, 11) is 0. The number of benzene rings is 1. The van der Waals surface area contributed by atoms with Gasteiger partial charge in [0.15, 0.2) is 0 Å². The maximum atomic E-state index is 9.24. The van der Waals surface area contributed by atoms with Gasteiger partial charge in [-0.2, -0.15) is 5.26 Å². The second-order valence-corrected chi connectivity index (χ2v) is 5.20. The number of nitrogens with zero attached hydrogens (tertiary/aromatic N) is 2. The molecule has 2 aromatic rings. The second-order valence-electron chi connectivity index (χ2n) is 5.20. The Balaban J connectivity index is 2.40. The summed E-state index contributed by atoms with van der Waals surface area (Å²) in [4.78, 5) is 4.33. The zero-order valence-electron chi connectivity index (χ0n) is 12.3. The molecule has 0 spiro atoms. The van der Waals surface area contributed by atoms with Crippen molar-refractivity contribution in [2.24, 2.45) is 0 Å². The molecule has 0 aliphatic heterocycles. The van der Waals surface area contributed by atoms with Crippen LogP contribution < -0.4 is 4.74 Å². The third-order valence-electron chi connectivity index (χ3n) is 3.16. The third kappa shape index (κ3) is 2.97. The lowest BCUT2D eigenvalue weighted by Gasteiger charge is -2.11. The van der Waals surface area contributed by atoms with Crippen molar-refractivity contribution in [3.8, 4) is 17.7 Å². The molecule has 1 heterocycles. The Morgan fingerprint density at radius 1 is 1.20 bits per heavy atom. The van der Waals surface area contributed by atoms with E-state index in [0.717, 1.165) is 11.3 Å². The van der Waals surface area contributed by atoms with Crippen molar-refractivity contribution in [2.75, 3.05) is 0 Å². The van der Waals surface area contributed by atoms with E-state index in [0.29, 0.717) is 23.1 Å². The third-order valence-corrected chi connectivity index (χ3v) is 3.16. The lowest BCUT2D eigenvalue weighted by atomic mass is 10.0. The molecular formula is C17H18N2O. The van der Waals surface area contributed by atoms with Gasteiger partial charge >= 0.3 is 0 Å². The van der Waals surface area contributed by atoms with E-state index in [9.17, 15) is 5.26 Å². The highest BCUT2D eigenvalue weighted by molar-refractivity contribution is 5.47. The smallest absolute Gasteiger partial charge is 0.237 e. The van der Waals surface area contributed by atoms with Gasteiger partial charge in [0.25, 0.3) is 0 Å². The monoisotopic (exact) mass is 266 g/mol. The Bertz CT molecular complexity index is 669. The van der Waals surface area contributed by atoms with Crippen molar-refractivity contribution in [3.05, 3.63) is 52.7 Å². The number of aryl methyl sites for hydroxylation is 2. The first-order valence-corrected chi connectivity index (χ1v) is 6.67. The van der Waals surface area contributed by atoms with Crippen LogP contribution in [-0.2, 0) is 0 Å². The first kappa shape index (κ1) is 14.1. The number of rotatable bonds is 3. The fourth-order valence-corrected chi connectivity index (χ4v) is 2.06. The number of ether oxygens (including phenoxy) is 1. The van der Waals surface area contributed by atoms with Crippen molar-refractivity contribution in [1.29, 1.82) is 5.26 Å². The number of hydrogen-bond acceptors (Lipinski definition) is 3. The Morgan fingerprint density at radius 2 is 1.95 bits per heavy atom. The molecule has 0 amide bonds. The lowest BCUT2D eigenvalue weighted by molar-refractivity contribution is 0.458. The van der Waals surface area contributed by atoms with Crippen LogP contribution in [0.3, 0.4) is 0 Å². The van der Waals surface area contributed by atoms with Gasteiger partial charge in [0.1, 0.15) is 17.4 Å². The largest absolute Gasteiger partial charge is 0.438 e. The van der Waals surface area contributed by atoms with E-state index in [2.05, 4.69) is 31.0 Å². The molecule has 20 heavy (non-hydrogen) atoms. The van der Waals surface area contributed by atoms with Gasteiger partial charge in [-0.3, -0.25) is 0 Å². The lowest BCUT2D eigenvalue weighted by Crippen LogP contribution is -1.97. The van der Waals surface area contributed by atoms with Crippen molar-refractivity contribution >= 4 is 0 Å². The Kier molecular flexibility index (Phi) is 4.05. The molecule has 3 nitrogen and oxygen atoms in total. The minimum Gasteiger partial charge on any atom is -0.438 e. The number of pyridine rings is 1. The van der Waals surface area contributed by atoms with Crippen LogP contribution >= 0.6 is 0 Å². The van der Waals surface area contributed by atoms with Crippen LogP contribution in [0.2, 0.25) is 0 Å². The van der Waals surface area contributed by atoms with Crippen molar-refractivity contribution < 1.29 is 4.74 Å². The van der Waals surface area contributed by atoms with Gasteiger partial charge in [0.2, 0.25) is 5.88 Å². The van der Waals surface area contributed by atoms with E-state index in [4.69, 9.17) is 4.74 Å². The molecule has 1 aromatic carbocycles. The molecule has 1 aromatic heterocycles. The van der Waals surface area contributed by atoms with Crippen LogP contribution in [-0.4, -0.2) is 4.98 Å². The zero-order valence-corrected chi connectivity index (χ0v) is 12.3. The highest BCUT2D eigenvalue weighted by Crippen LogP contribution is 2.27. The summed E-state index contributed by atoms with van der Waals surface area (Å²) in [6, 6.07) is 11.9. The summed E-state index contributed by atoms with van der Waals surface area (Å²) in [5, 5.41) is 9.24. The molecule has 0 atom stereocenters. The quantitative estimate of drug-likeness (QED) is 0.822. The molecule has 0 fully saturated rings. The van der Waals surface area contributed by atoms with E-state index >= 15 is 0 Å². The van der Waals surface area contributed by atoms with Crippen LogP contribution in [0.1, 0.15) is 42.1 Å². The Morgan fingerprint density at radius 3 is 2.60 bits per heavy atom. The van der Waals surface area contributed by atoms with Gasteiger partial charge in [-0.25, -0.2) is 4.98 Å². The Hall–Kier alpha value is -2.34. The van der Waals surface area contributed by atoms with E-state index in [-0.39, 0.29) is 0 Å². The van der Waals surface area contributed by atoms with Crippen LogP contribution in [0, 0.1) is 25.2 Å². The highest BCUT2D eigenvalue weighted by atomic mass is 16.5. The first-order chi connectivity index (χ1) is 9.51. The van der Waals surface area contributed by atoms with E-state index in [1.165, 1.54) is 5.56 Å². The van der Waals surface area contributed by atoms with E-state index < -0.39 is 0 Å². The summed E-state index contributed by atoms with van der Waals surface area (Å²) in [6.45, 7) is 8.06. The van der Waals surface area contributed by atoms with Gasteiger partial charge < -0.3 is 4.74 Å². The van der Waals surface area contributed by atoms with Crippen molar-refractivity contribution in [2.45, 2.75) is 33.6 Å². The van der Waals surface area contributed by atoms with Crippen molar-refractivity contribution in [3.63, 3.8) is 0 Å². The maximum absolute atomic E-state index is 9.24. The van der Waals surface area contributed by atoms with E-state index in [1.807, 2.05) is 38.1 Å². The average Bonchev–Trinajstić information content (AvgIpc) is 2.38. The molecule has 102 valence electrons. The number of aromatic nitrogens is 1. The van der Waals surface area contributed by atoms with E-state index in [1.54, 1.807) is 0 Å². The van der Waals surface area contributed by atoms with Gasteiger partial charge in [-0.05, 0) is 49.1 Å².